The number of rotatable bonds is 4. The van der Waals surface area contributed by atoms with Gasteiger partial charge in [0.2, 0.25) is 0 Å². The fourth-order valence-electron chi connectivity index (χ4n) is 1.51. The predicted molar refractivity (Wildman–Crippen MR) is 57.6 cm³/mol. The summed E-state index contributed by atoms with van der Waals surface area (Å²) in [7, 11) is 0. The molecule has 0 aromatic carbocycles. The van der Waals surface area contributed by atoms with Crippen molar-refractivity contribution in [1.82, 2.24) is 4.90 Å². The van der Waals surface area contributed by atoms with Crippen LogP contribution in [0.15, 0.2) is 21.2 Å². The smallest absolute Gasteiger partial charge is 0.289 e. The number of hydrogen-bond donors (Lipinski definition) is 1. The van der Waals surface area contributed by atoms with E-state index in [0.717, 1.165) is 12.8 Å². The highest BCUT2D eigenvalue weighted by molar-refractivity contribution is 9.10. The number of carbonyl (C=O) groups is 1. The Labute approximate surface area is 96.0 Å². The van der Waals surface area contributed by atoms with Crippen molar-refractivity contribution in [3.8, 4) is 0 Å². The maximum absolute atomic E-state index is 11.9. The van der Waals surface area contributed by atoms with Gasteiger partial charge < -0.3 is 14.4 Å². The van der Waals surface area contributed by atoms with E-state index in [0.29, 0.717) is 17.0 Å². The molecule has 0 bridgehead atoms. The summed E-state index contributed by atoms with van der Waals surface area (Å²) in [5.41, 5.74) is 0. The molecule has 82 valence electrons. The number of nitrogens with zero attached hydrogens (tertiary/aromatic N) is 1. The van der Waals surface area contributed by atoms with Gasteiger partial charge in [0.25, 0.3) is 5.91 Å². The van der Waals surface area contributed by atoms with Crippen molar-refractivity contribution in [2.45, 2.75) is 18.9 Å². The number of aliphatic hydroxyl groups excluding tert-OH is 1. The average molecular weight is 274 g/mol. The minimum absolute atomic E-state index is 0.00980. The maximum Gasteiger partial charge on any atom is 0.289 e. The van der Waals surface area contributed by atoms with Gasteiger partial charge in [-0.3, -0.25) is 4.79 Å². The molecule has 1 fully saturated rings. The van der Waals surface area contributed by atoms with E-state index in [1.165, 1.54) is 0 Å². The molecule has 1 aliphatic carbocycles. The van der Waals surface area contributed by atoms with Crippen molar-refractivity contribution in [2.75, 3.05) is 13.2 Å². The Bertz CT molecular complexity index is 359. The molecule has 0 atom stereocenters. The van der Waals surface area contributed by atoms with Gasteiger partial charge in [-0.05, 0) is 40.9 Å². The van der Waals surface area contributed by atoms with E-state index in [4.69, 9.17) is 9.52 Å². The molecule has 0 unspecified atom stereocenters. The number of halogens is 1. The van der Waals surface area contributed by atoms with Gasteiger partial charge in [0.05, 0.1) is 6.61 Å². The molecule has 5 heteroatoms. The molecule has 1 N–H and O–H groups in total. The van der Waals surface area contributed by atoms with Gasteiger partial charge in [-0.15, -0.1) is 0 Å². The molecule has 0 saturated heterocycles. The maximum atomic E-state index is 11.9. The predicted octanol–water partition coefficient (Wildman–Crippen LogP) is 1.64. The largest absolute Gasteiger partial charge is 0.444 e. The second-order valence-corrected chi connectivity index (χ2v) is 4.34. The number of amides is 1. The lowest BCUT2D eigenvalue weighted by atomic mass is 10.3. The van der Waals surface area contributed by atoms with E-state index < -0.39 is 0 Å². The van der Waals surface area contributed by atoms with Crippen LogP contribution in [0.5, 0.6) is 0 Å². The second-order valence-electron chi connectivity index (χ2n) is 3.56. The summed E-state index contributed by atoms with van der Waals surface area (Å²) >= 11 is 3.15. The van der Waals surface area contributed by atoms with E-state index in [9.17, 15) is 4.79 Å². The summed E-state index contributed by atoms with van der Waals surface area (Å²) in [5.74, 6) is 0.180. The third kappa shape index (κ3) is 2.41. The molecular formula is C10H12BrNO3. The Hall–Kier alpha value is -0.810. The monoisotopic (exact) mass is 273 g/mol. The van der Waals surface area contributed by atoms with Gasteiger partial charge in [-0.1, -0.05) is 0 Å². The van der Waals surface area contributed by atoms with Crippen LogP contribution in [0.2, 0.25) is 0 Å². The van der Waals surface area contributed by atoms with Crippen molar-refractivity contribution < 1.29 is 14.3 Å². The van der Waals surface area contributed by atoms with E-state index in [-0.39, 0.29) is 18.6 Å². The van der Waals surface area contributed by atoms with Crippen LogP contribution in [0.25, 0.3) is 0 Å². The molecule has 1 amide bonds. The van der Waals surface area contributed by atoms with Crippen LogP contribution in [-0.4, -0.2) is 35.1 Å². The van der Waals surface area contributed by atoms with E-state index in [1.807, 2.05) is 0 Å². The highest BCUT2D eigenvalue weighted by atomic mass is 79.9. The minimum Gasteiger partial charge on any atom is -0.444 e. The molecule has 1 aliphatic rings. The van der Waals surface area contributed by atoms with Crippen LogP contribution < -0.4 is 0 Å². The van der Waals surface area contributed by atoms with Crippen molar-refractivity contribution in [1.29, 1.82) is 0 Å². The Kier molecular flexibility index (Phi) is 3.11. The van der Waals surface area contributed by atoms with Crippen molar-refractivity contribution in [3.63, 3.8) is 0 Å². The first kappa shape index (κ1) is 10.7. The lowest BCUT2D eigenvalue weighted by molar-refractivity contribution is 0.0674. The second kappa shape index (κ2) is 4.37. The third-order valence-corrected chi connectivity index (χ3v) is 2.80. The molecule has 2 rings (SSSR count). The fraction of sp³-hybridized carbons (Fsp3) is 0.500. The molecule has 1 heterocycles. The summed E-state index contributed by atoms with van der Waals surface area (Å²) in [6.07, 6.45) is 2.04. The summed E-state index contributed by atoms with van der Waals surface area (Å²) in [4.78, 5) is 13.6. The van der Waals surface area contributed by atoms with Crippen LogP contribution in [0, 0.1) is 0 Å². The van der Waals surface area contributed by atoms with E-state index >= 15 is 0 Å². The summed E-state index contributed by atoms with van der Waals surface area (Å²) in [6.45, 7) is 0.367. The van der Waals surface area contributed by atoms with E-state index in [1.54, 1.807) is 17.0 Å². The van der Waals surface area contributed by atoms with Crippen LogP contribution in [0.3, 0.4) is 0 Å². The number of carbonyl (C=O) groups excluding carboxylic acids is 1. The standard InChI is InChI=1S/C10H12BrNO3/c11-9-4-3-8(15-9)10(14)12(5-6-13)7-1-2-7/h3-4,7,13H,1-2,5-6H2. The normalized spacial score (nSPS) is 15.3. The zero-order valence-electron chi connectivity index (χ0n) is 8.15. The van der Waals surface area contributed by atoms with Crippen LogP contribution in [-0.2, 0) is 0 Å². The Morgan fingerprint density at radius 2 is 2.33 bits per heavy atom. The number of furan rings is 1. The topological polar surface area (TPSA) is 53.7 Å². The molecule has 0 spiro atoms. The average Bonchev–Trinajstić information content (AvgIpc) is 2.96. The molecule has 0 aliphatic heterocycles. The third-order valence-electron chi connectivity index (χ3n) is 2.37. The molecular weight excluding hydrogens is 262 g/mol. The summed E-state index contributed by atoms with van der Waals surface area (Å²) in [5, 5.41) is 8.88. The van der Waals surface area contributed by atoms with Crippen LogP contribution >= 0.6 is 15.9 Å². The molecule has 1 saturated carbocycles. The van der Waals surface area contributed by atoms with Crippen molar-refractivity contribution in [3.05, 3.63) is 22.6 Å². The highest BCUT2D eigenvalue weighted by Crippen LogP contribution is 2.28. The van der Waals surface area contributed by atoms with Gasteiger partial charge in [0.15, 0.2) is 10.4 Å². The van der Waals surface area contributed by atoms with Gasteiger partial charge in [0.1, 0.15) is 0 Å². The van der Waals surface area contributed by atoms with Crippen molar-refractivity contribution >= 4 is 21.8 Å². The first-order valence-corrected chi connectivity index (χ1v) is 5.69. The lowest BCUT2D eigenvalue weighted by Gasteiger charge is -2.19. The lowest BCUT2D eigenvalue weighted by Crippen LogP contribution is -2.35. The van der Waals surface area contributed by atoms with Crippen LogP contribution in [0.4, 0.5) is 0 Å². The highest BCUT2D eigenvalue weighted by Gasteiger charge is 2.33. The first-order valence-electron chi connectivity index (χ1n) is 4.89. The van der Waals surface area contributed by atoms with E-state index in [2.05, 4.69) is 15.9 Å². The van der Waals surface area contributed by atoms with Gasteiger partial charge in [-0.25, -0.2) is 0 Å². The molecule has 15 heavy (non-hydrogen) atoms. The minimum atomic E-state index is -0.141. The number of hydrogen-bond acceptors (Lipinski definition) is 3. The number of aliphatic hydroxyl groups is 1. The SMILES string of the molecule is O=C(c1ccc(Br)o1)N(CCO)C1CC1. The van der Waals surface area contributed by atoms with Gasteiger partial charge in [0, 0.05) is 12.6 Å². The first-order chi connectivity index (χ1) is 7.22. The fourth-order valence-corrected chi connectivity index (χ4v) is 1.82. The molecule has 1 aromatic rings. The zero-order valence-corrected chi connectivity index (χ0v) is 9.74. The summed E-state index contributed by atoms with van der Waals surface area (Å²) < 4.78 is 5.74. The summed E-state index contributed by atoms with van der Waals surface area (Å²) in [6, 6.07) is 3.62. The quantitative estimate of drug-likeness (QED) is 0.908. The Morgan fingerprint density at radius 1 is 1.60 bits per heavy atom. The zero-order chi connectivity index (χ0) is 10.8. The van der Waals surface area contributed by atoms with Gasteiger partial charge >= 0.3 is 0 Å². The molecule has 4 nitrogen and oxygen atoms in total. The Balaban J connectivity index is 2.10. The molecule has 0 radical (unpaired) electrons. The van der Waals surface area contributed by atoms with Gasteiger partial charge in [-0.2, -0.15) is 0 Å². The van der Waals surface area contributed by atoms with Crippen molar-refractivity contribution in [2.24, 2.45) is 0 Å². The molecule has 1 aromatic heterocycles. The van der Waals surface area contributed by atoms with Crippen LogP contribution in [0.1, 0.15) is 23.4 Å². The Morgan fingerprint density at radius 3 is 2.80 bits per heavy atom.